The van der Waals surface area contributed by atoms with Crippen LogP contribution in [0.25, 0.3) is 0 Å². The molecule has 138 valence electrons. The Morgan fingerprint density at radius 1 is 0.926 bits per heavy atom. The summed E-state index contributed by atoms with van der Waals surface area (Å²) in [5.41, 5.74) is 2.76. The van der Waals surface area contributed by atoms with E-state index in [0.717, 1.165) is 54.2 Å². The summed E-state index contributed by atoms with van der Waals surface area (Å²) in [5.74, 6) is 3.11. The molecule has 0 bridgehead atoms. The number of anilines is 3. The molecule has 0 spiro atoms. The molecule has 8 heteroatoms. The monoisotopic (exact) mass is 362 g/mol. The van der Waals surface area contributed by atoms with Crippen LogP contribution in [0.1, 0.15) is 35.2 Å². The van der Waals surface area contributed by atoms with Crippen molar-refractivity contribution in [2.24, 2.45) is 0 Å². The average molecular weight is 362 g/mol. The van der Waals surface area contributed by atoms with Crippen molar-refractivity contribution in [3.63, 3.8) is 0 Å². The maximum Gasteiger partial charge on any atom is 0.228 e. The second-order valence-corrected chi connectivity index (χ2v) is 6.83. The van der Waals surface area contributed by atoms with Gasteiger partial charge in [0.15, 0.2) is 0 Å². The fraction of sp³-hybridized carbons (Fsp3) is 0.368. The lowest BCUT2D eigenvalue weighted by atomic mass is 10.1. The highest BCUT2D eigenvalue weighted by atomic mass is 15.3. The second-order valence-electron chi connectivity index (χ2n) is 6.83. The van der Waals surface area contributed by atoms with Crippen LogP contribution in [0.2, 0.25) is 0 Å². The fourth-order valence-electron chi connectivity index (χ4n) is 3.34. The van der Waals surface area contributed by atoms with E-state index in [0.29, 0.717) is 5.95 Å². The second kappa shape index (κ2) is 7.22. The van der Waals surface area contributed by atoms with Crippen LogP contribution >= 0.6 is 0 Å². The molecule has 4 rings (SSSR count). The summed E-state index contributed by atoms with van der Waals surface area (Å²) >= 11 is 0. The highest BCUT2D eigenvalue weighted by molar-refractivity contribution is 5.49. The number of rotatable bonds is 4. The van der Waals surface area contributed by atoms with Gasteiger partial charge >= 0.3 is 0 Å². The molecule has 1 unspecified atom stereocenters. The molecule has 0 amide bonds. The Bertz CT molecular complexity index is 923. The third-order valence-electron chi connectivity index (χ3n) is 4.48. The van der Waals surface area contributed by atoms with E-state index in [2.05, 4.69) is 35.1 Å². The van der Waals surface area contributed by atoms with Gasteiger partial charge in [-0.25, -0.2) is 29.9 Å². The van der Waals surface area contributed by atoms with Crippen molar-refractivity contribution >= 4 is 17.7 Å². The topological polar surface area (TPSA) is 92.6 Å². The first-order valence-corrected chi connectivity index (χ1v) is 9.04. The van der Waals surface area contributed by atoms with E-state index < -0.39 is 0 Å². The van der Waals surface area contributed by atoms with E-state index >= 15 is 0 Å². The number of hydrogen-bond acceptors (Lipinski definition) is 8. The first kappa shape index (κ1) is 17.3. The lowest BCUT2D eigenvalue weighted by Crippen LogP contribution is -2.22. The van der Waals surface area contributed by atoms with Gasteiger partial charge in [-0.15, -0.1) is 0 Å². The lowest BCUT2D eigenvalue weighted by Gasteiger charge is -2.16. The zero-order chi connectivity index (χ0) is 18.8. The van der Waals surface area contributed by atoms with Crippen molar-refractivity contribution in [1.82, 2.24) is 29.9 Å². The van der Waals surface area contributed by atoms with Crippen molar-refractivity contribution in [2.75, 3.05) is 23.3 Å². The van der Waals surface area contributed by atoms with Gasteiger partial charge in [-0.1, -0.05) is 0 Å². The Morgan fingerprint density at radius 3 is 2.37 bits per heavy atom. The normalized spacial score (nSPS) is 16.6. The standard InChI is InChI=1S/C19H22N8/c1-12-9-13(2)24-18(23-12)26-16-10-14(3)22-17(25-16)15-5-8-27(11-15)19-20-6-4-7-21-19/h4,6-7,9-10,15H,5,8,11H2,1-3H3,(H,22,23,24,25,26). The molecule has 1 saturated heterocycles. The molecule has 1 aliphatic heterocycles. The molecule has 3 aromatic heterocycles. The molecular weight excluding hydrogens is 340 g/mol. The van der Waals surface area contributed by atoms with Crippen molar-refractivity contribution in [3.05, 3.63) is 53.5 Å². The maximum atomic E-state index is 4.73. The van der Waals surface area contributed by atoms with Gasteiger partial charge in [0.05, 0.1) is 0 Å². The first-order chi connectivity index (χ1) is 13.1. The van der Waals surface area contributed by atoms with Crippen LogP contribution in [0.5, 0.6) is 0 Å². The first-order valence-electron chi connectivity index (χ1n) is 9.04. The highest BCUT2D eigenvalue weighted by Crippen LogP contribution is 2.28. The van der Waals surface area contributed by atoms with Gasteiger partial charge in [0.2, 0.25) is 11.9 Å². The van der Waals surface area contributed by atoms with E-state index in [1.807, 2.05) is 39.0 Å². The fourth-order valence-corrected chi connectivity index (χ4v) is 3.34. The summed E-state index contributed by atoms with van der Waals surface area (Å²) in [7, 11) is 0. The maximum absolute atomic E-state index is 4.73. The highest BCUT2D eigenvalue weighted by Gasteiger charge is 2.28. The Morgan fingerprint density at radius 2 is 1.63 bits per heavy atom. The minimum atomic E-state index is 0.245. The van der Waals surface area contributed by atoms with Gasteiger partial charge in [0.1, 0.15) is 11.6 Å². The average Bonchev–Trinajstić information content (AvgIpc) is 3.11. The minimum Gasteiger partial charge on any atom is -0.340 e. The minimum absolute atomic E-state index is 0.245. The number of nitrogens with one attached hydrogen (secondary N) is 1. The number of aromatic nitrogens is 6. The van der Waals surface area contributed by atoms with Crippen LogP contribution in [0.4, 0.5) is 17.7 Å². The van der Waals surface area contributed by atoms with Crippen molar-refractivity contribution < 1.29 is 0 Å². The summed E-state index contributed by atoms with van der Waals surface area (Å²) in [5, 5.41) is 3.22. The molecule has 1 N–H and O–H groups in total. The molecule has 0 aliphatic carbocycles. The molecule has 1 aliphatic rings. The van der Waals surface area contributed by atoms with Crippen LogP contribution in [-0.2, 0) is 0 Å². The predicted octanol–water partition coefficient (Wildman–Crippen LogP) is 2.72. The third kappa shape index (κ3) is 3.99. The van der Waals surface area contributed by atoms with Crippen LogP contribution < -0.4 is 10.2 Å². The Kier molecular flexibility index (Phi) is 4.62. The summed E-state index contributed by atoms with van der Waals surface area (Å²) in [6, 6.07) is 5.69. The molecule has 3 aromatic rings. The van der Waals surface area contributed by atoms with E-state index in [9.17, 15) is 0 Å². The molecule has 0 aromatic carbocycles. The number of nitrogens with zero attached hydrogens (tertiary/aromatic N) is 7. The molecule has 1 fully saturated rings. The lowest BCUT2D eigenvalue weighted by molar-refractivity contribution is 0.704. The van der Waals surface area contributed by atoms with Gasteiger partial charge in [0, 0.05) is 54.5 Å². The zero-order valence-electron chi connectivity index (χ0n) is 15.7. The van der Waals surface area contributed by atoms with Gasteiger partial charge in [-0.05, 0) is 39.3 Å². The molecule has 27 heavy (non-hydrogen) atoms. The Balaban J connectivity index is 1.54. The molecule has 1 atom stereocenters. The third-order valence-corrected chi connectivity index (χ3v) is 4.48. The van der Waals surface area contributed by atoms with Gasteiger partial charge in [-0.2, -0.15) is 0 Å². The smallest absolute Gasteiger partial charge is 0.228 e. The van der Waals surface area contributed by atoms with Crippen LogP contribution in [0, 0.1) is 20.8 Å². The number of hydrogen-bond donors (Lipinski definition) is 1. The Labute approximate surface area is 158 Å². The molecule has 8 nitrogen and oxygen atoms in total. The predicted molar refractivity (Wildman–Crippen MR) is 103 cm³/mol. The van der Waals surface area contributed by atoms with Crippen molar-refractivity contribution in [2.45, 2.75) is 33.1 Å². The van der Waals surface area contributed by atoms with E-state index in [1.54, 1.807) is 12.4 Å². The molecule has 4 heterocycles. The SMILES string of the molecule is Cc1cc(C)nc(Nc2cc(C)nc(C3CCN(c4ncccn4)C3)n2)n1. The van der Waals surface area contributed by atoms with Crippen LogP contribution in [-0.4, -0.2) is 43.0 Å². The summed E-state index contributed by atoms with van der Waals surface area (Å²) in [4.78, 5) is 29.1. The quantitative estimate of drug-likeness (QED) is 0.757. The van der Waals surface area contributed by atoms with Gasteiger partial charge in [-0.3, -0.25) is 0 Å². The molecule has 0 radical (unpaired) electrons. The number of aryl methyl sites for hydroxylation is 3. The van der Waals surface area contributed by atoms with E-state index in [-0.39, 0.29) is 5.92 Å². The van der Waals surface area contributed by atoms with Gasteiger partial charge < -0.3 is 10.2 Å². The van der Waals surface area contributed by atoms with Crippen molar-refractivity contribution in [3.8, 4) is 0 Å². The van der Waals surface area contributed by atoms with E-state index in [4.69, 9.17) is 4.98 Å². The van der Waals surface area contributed by atoms with Crippen LogP contribution in [0.15, 0.2) is 30.6 Å². The zero-order valence-corrected chi connectivity index (χ0v) is 15.7. The molecule has 0 saturated carbocycles. The van der Waals surface area contributed by atoms with E-state index in [1.165, 1.54) is 0 Å². The summed E-state index contributed by atoms with van der Waals surface area (Å²) in [6.45, 7) is 7.60. The summed E-state index contributed by atoms with van der Waals surface area (Å²) < 4.78 is 0. The molecular formula is C19H22N8. The van der Waals surface area contributed by atoms with Gasteiger partial charge in [0.25, 0.3) is 0 Å². The van der Waals surface area contributed by atoms with Crippen LogP contribution in [0.3, 0.4) is 0 Å². The van der Waals surface area contributed by atoms with Crippen molar-refractivity contribution in [1.29, 1.82) is 0 Å². The largest absolute Gasteiger partial charge is 0.340 e. The summed E-state index contributed by atoms with van der Waals surface area (Å²) in [6.07, 6.45) is 4.51. The Hall–Kier alpha value is -3.16.